The van der Waals surface area contributed by atoms with Gasteiger partial charge >= 0.3 is 0 Å². The van der Waals surface area contributed by atoms with E-state index in [0.29, 0.717) is 0 Å². The zero-order valence-electron chi connectivity index (χ0n) is 12.2. The molecule has 0 saturated heterocycles. The molecule has 1 heterocycles. The Hall–Kier alpha value is -2.55. The summed E-state index contributed by atoms with van der Waals surface area (Å²) in [5, 5.41) is 11.1. The highest BCUT2D eigenvalue weighted by Gasteiger charge is 2.08. The number of H-pyrrole nitrogens is 1. The van der Waals surface area contributed by atoms with E-state index in [1.807, 2.05) is 43.3 Å². The van der Waals surface area contributed by atoms with Gasteiger partial charge in [0.25, 0.3) is 0 Å². The summed E-state index contributed by atoms with van der Waals surface area (Å²) in [6, 6.07) is 14.1. The molecule has 0 aliphatic carbocycles. The van der Waals surface area contributed by atoms with E-state index in [9.17, 15) is 5.11 Å². The number of para-hydroxylation sites is 1. The lowest BCUT2D eigenvalue weighted by molar-refractivity contribution is 0.457. The van der Waals surface area contributed by atoms with E-state index in [1.54, 1.807) is 6.21 Å². The van der Waals surface area contributed by atoms with Crippen LogP contribution in [-0.4, -0.2) is 16.3 Å². The van der Waals surface area contributed by atoms with Gasteiger partial charge in [0.1, 0.15) is 0 Å². The van der Waals surface area contributed by atoms with Crippen molar-refractivity contribution in [3.63, 3.8) is 0 Å². The lowest BCUT2D eigenvalue weighted by atomic mass is 10.1. The zero-order chi connectivity index (χ0) is 14.8. The molecule has 0 aliphatic heterocycles. The Morgan fingerprint density at radius 3 is 2.81 bits per heavy atom. The molecule has 1 aromatic heterocycles. The highest BCUT2D eigenvalue weighted by atomic mass is 16.3. The van der Waals surface area contributed by atoms with Crippen molar-refractivity contribution >= 4 is 22.8 Å². The number of aryl methyl sites for hydroxylation is 2. The lowest BCUT2D eigenvalue weighted by Gasteiger charge is -2.01. The predicted molar refractivity (Wildman–Crippen MR) is 87.8 cm³/mol. The SMILES string of the molecule is CCc1ccccc1N=Cc1c(O)[nH]c2cc(C)ccc12. The first-order valence-corrected chi connectivity index (χ1v) is 7.12. The van der Waals surface area contributed by atoms with Crippen molar-refractivity contribution in [3.8, 4) is 5.88 Å². The maximum absolute atomic E-state index is 10.1. The maximum atomic E-state index is 10.1. The van der Waals surface area contributed by atoms with Crippen molar-refractivity contribution in [3.05, 3.63) is 59.2 Å². The number of benzene rings is 2. The summed E-state index contributed by atoms with van der Waals surface area (Å²) < 4.78 is 0. The Balaban J connectivity index is 2.05. The fraction of sp³-hybridized carbons (Fsp3) is 0.167. The van der Waals surface area contributed by atoms with Crippen LogP contribution in [0.4, 0.5) is 5.69 Å². The molecule has 0 spiro atoms. The monoisotopic (exact) mass is 278 g/mol. The quantitative estimate of drug-likeness (QED) is 0.681. The van der Waals surface area contributed by atoms with Crippen LogP contribution in [0.3, 0.4) is 0 Å². The first-order chi connectivity index (χ1) is 10.2. The number of aromatic nitrogens is 1. The lowest BCUT2D eigenvalue weighted by Crippen LogP contribution is -1.83. The first-order valence-electron chi connectivity index (χ1n) is 7.12. The summed E-state index contributed by atoms with van der Waals surface area (Å²) in [4.78, 5) is 7.54. The number of fused-ring (bicyclic) bond motifs is 1. The fourth-order valence-corrected chi connectivity index (χ4v) is 2.52. The molecule has 21 heavy (non-hydrogen) atoms. The van der Waals surface area contributed by atoms with Gasteiger partial charge in [0.2, 0.25) is 0 Å². The Morgan fingerprint density at radius 2 is 2.00 bits per heavy atom. The van der Waals surface area contributed by atoms with Crippen LogP contribution >= 0.6 is 0 Å². The average molecular weight is 278 g/mol. The van der Waals surface area contributed by atoms with E-state index < -0.39 is 0 Å². The molecule has 0 atom stereocenters. The largest absolute Gasteiger partial charge is 0.494 e. The molecule has 0 fully saturated rings. The van der Waals surface area contributed by atoms with E-state index in [0.717, 1.165) is 34.1 Å². The summed E-state index contributed by atoms with van der Waals surface area (Å²) in [6.07, 6.45) is 2.67. The highest BCUT2D eigenvalue weighted by Crippen LogP contribution is 2.27. The summed E-state index contributed by atoms with van der Waals surface area (Å²) in [5.74, 6) is 0.160. The van der Waals surface area contributed by atoms with Crippen LogP contribution < -0.4 is 0 Å². The van der Waals surface area contributed by atoms with Gasteiger partial charge in [-0.2, -0.15) is 0 Å². The predicted octanol–water partition coefficient (Wildman–Crippen LogP) is 4.49. The van der Waals surface area contributed by atoms with E-state index in [-0.39, 0.29) is 5.88 Å². The van der Waals surface area contributed by atoms with Gasteiger partial charge in [0.05, 0.1) is 11.3 Å². The third-order valence-corrected chi connectivity index (χ3v) is 3.68. The van der Waals surface area contributed by atoms with Crippen LogP contribution in [0.1, 0.15) is 23.6 Å². The normalized spacial score (nSPS) is 11.5. The molecule has 106 valence electrons. The minimum atomic E-state index is 0.160. The van der Waals surface area contributed by atoms with Crippen LogP contribution in [0, 0.1) is 6.92 Å². The fourth-order valence-electron chi connectivity index (χ4n) is 2.52. The second-order valence-electron chi connectivity index (χ2n) is 5.18. The van der Waals surface area contributed by atoms with Gasteiger partial charge in [0.15, 0.2) is 5.88 Å². The van der Waals surface area contributed by atoms with Crippen molar-refractivity contribution in [2.45, 2.75) is 20.3 Å². The van der Waals surface area contributed by atoms with Gasteiger partial charge in [-0.3, -0.25) is 4.99 Å². The van der Waals surface area contributed by atoms with Gasteiger partial charge in [-0.05, 0) is 36.6 Å². The number of rotatable bonds is 3. The van der Waals surface area contributed by atoms with Crippen LogP contribution in [0.2, 0.25) is 0 Å². The molecular formula is C18H18N2O. The highest BCUT2D eigenvalue weighted by molar-refractivity contribution is 6.02. The Morgan fingerprint density at radius 1 is 1.19 bits per heavy atom. The molecule has 0 bridgehead atoms. The number of hydrogen-bond donors (Lipinski definition) is 2. The Kier molecular flexibility index (Phi) is 3.48. The molecule has 3 aromatic rings. The molecule has 0 saturated carbocycles. The van der Waals surface area contributed by atoms with E-state index >= 15 is 0 Å². The Bertz CT molecular complexity index is 815. The molecule has 3 heteroatoms. The second-order valence-corrected chi connectivity index (χ2v) is 5.18. The molecular weight excluding hydrogens is 260 g/mol. The van der Waals surface area contributed by atoms with Crippen molar-refractivity contribution in [2.75, 3.05) is 0 Å². The van der Waals surface area contributed by atoms with Crippen molar-refractivity contribution in [1.29, 1.82) is 0 Å². The third-order valence-electron chi connectivity index (χ3n) is 3.68. The van der Waals surface area contributed by atoms with Crippen LogP contribution in [0.25, 0.3) is 10.9 Å². The molecule has 2 N–H and O–H groups in total. The second kappa shape index (κ2) is 5.44. The number of hydrogen-bond acceptors (Lipinski definition) is 2. The molecule has 0 aliphatic rings. The minimum absolute atomic E-state index is 0.160. The number of nitrogens with zero attached hydrogens (tertiary/aromatic N) is 1. The molecule has 0 radical (unpaired) electrons. The molecule has 3 rings (SSSR count). The van der Waals surface area contributed by atoms with E-state index in [2.05, 4.69) is 23.0 Å². The van der Waals surface area contributed by atoms with Gasteiger partial charge in [-0.1, -0.05) is 37.3 Å². The molecule has 3 nitrogen and oxygen atoms in total. The topological polar surface area (TPSA) is 48.4 Å². The number of aromatic hydroxyl groups is 1. The summed E-state index contributed by atoms with van der Waals surface area (Å²) >= 11 is 0. The minimum Gasteiger partial charge on any atom is -0.494 e. The van der Waals surface area contributed by atoms with Gasteiger partial charge < -0.3 is 10.1 Å². The number of aromatic amines is 1. The maximum Gasteiger partial charge on any atom is 0.198 e. The van der Waals surface area contributed by atoms with Crippen molar-refractivity contribution < 1.29 is 5.11 Å². The standard InChI is InChI=1S/C18H18N2O/c1-3-13-6-4-5-7-16(13)19-11-15-14-9-8-12(2)10-17(14)20-18(15)21/h4-11,20-21H,3H2,1-2H3. The number of aliphatic imine (C=N–C) groups is 1. The molecule has 0 amide bonds. The summed E-state index contributed by atoms with van der Waals surface area (Å²) in [5.41, 5.74) is 4.96. The zero-order valence-corrected chi connectivity index (χ0v) is 12.2. The summed E-state index contributed by atoms with van der Waals surface area (Å²) in [6.45, 7) is 4.14. The summed E-state index contributed by atoms with van der Waals surface area (Å²) in [7, 11) is 0. The smallest absolute Gasteiger partial charge is 0.198 e. The van der Waals surface area contributed by atoms with Gasteiger partial charge in [-0.15, -0.1) is 0 Å². The Labute approximate surface area is 124 Å². The van der Waals surface area contributed by atoms with E-state index in [4.69, 9.17) is 0 Å². The van der Waals surface area contributed by atoms with E-state index in [1.165, 1.54) is 5.56 Å². The molecule has 2 aromatic carbocycles. The van der Waals surface area contributed by atoms with Crippen LogP contribution in [0.5, 0.6) is 5.88 Å². The first kappa shape index (κ1) is 13.4. The molecule has 0 unspecified atom stereocenters. The van der Waals surface area contributed by atoms with Crippen LogP contribution in [0.15, 0.2) is 47.5 Å². The van der Waals surface area contributed by atoms with Gasteiger partial charge in [0, 0.05) is 17.1 Å². The number of nitrogens with one attached hydrogen (secondary N) is 1. The third kappa shape index (κ3) is 2.55. The van der Waals surface area contributed by atoms with Gasteiger partial charge in [-0.25, -0.2) is 0 Å². The van der Waals surface area contributed by atoms with Crippen molar-refractivity contribution in [1.82, 2.24) is 4.98 Å². The van der Waals surface area contributed by atoms with Crippen LogP contribution in [-0.2, 0) is 6.42 Å². The van der Waals surface area contributed by atoms with Crippen molar-refractivity contribution in [2.24, 2.45) is 4.99 Å². The average Bonchev–Trinajstić information content (AvgIpc) is 2.80.